The highest BCUT2D eigenvalue weighted by Gasteiger charge is 2.28. The molecule has 1 atom stereocenters. The molecule has 158 valence electrons. The summed E-state index contributed by atoms with van der Waals surface area (Å²) < 4.78 is 7.13. The molecule has 1 fully saturated rings. The number of nitrogens with one attached hydrogen (secondary N) is 1. The van der Waals surface area contributed by atoms with Crippen molar-refractivity contribution in [3.63, 3.8) is 0 Å². The van der Waals surface area contributed by atoms with Crippen LogP contribution >= 0.6 is 0 Å². The number of piperidine rings is 1. The summed E-state index contributed by atoms with van der Waals surface area (Å²) in [6.45, 7) is 5.46. The minimum atomic E-state index is 0.0296. The van der Waals surface area contributed by atoms with Crippen molar-refractivity contribution < 1.29 is 9.21 Å². The molecular formula is C22H28N6O2. The molecule has 0 bridgehead atoms. The van der Waals surface area contributed by atoms with Gasteiger partial charge >= 0.3 is 0 Å². The third-order valence-electron chi connectivity index (χ3n) is 5.63. The van der Waals surface area contributed by atoms with Gasteiger partial charge < -0.3 is 14.6 Å². The van der Waals surface area contributed by atoms with Crippen LogP contribution in [0.25, 0.3) is 5.95 Å². The Morgan fingerprint density at radius 2 is 2.23 bits per heavy atom. The van der Waals surface area contributed by atoms with Gasteiger partial charge in [0.15, 0.2) is 0 Å². The Balaban J connectivity index is 1.56. The molecule has 0 saturated carbocycles. The van der Waals surface area contributed by atoms with Crippen molar-refractivity contribution in [1.82, 2.24) is 24.8 Å². The van der Waals surface area contributed by atoms with Gasteiger partial charge in [0.05, 0.1) is 12.8 Å². The average Bonchev–Trinajstić information content (AvgIpc) is 3.46. The number of imidazole rings is 1. The van der Waals surface area contributed by atoms with Crippen LogP contribution < -0.4 is 10.2 Å². The van der Waals surface area contributed by atoms with E-state index in [-0.39, 0.29) is 11.9 Å². The number of nitrogens with zero attached hydrogens (tertiary/aromatic N) is 5. The van der Waals surface area contributed by atoms with Crippen LogP contribution in [0.4, 0.5) is 5.82 Å². The Kier molecular flexibility index (Phi) is 6.11. The van der Waals surface area contributed by atoms with Gasteiger partial charge in [-0.1, -0.05) is 6.92 Å². The molecule has 0 spiro atoms. The quantitative estimate of drug-likeness (QED) is 0.646. The third kappa shape index (κ3) is 4.37. The molecule has 8 nitrogen and oxygen atoms in total. The molecule has 0 aromatic carbocycles. The first kappa shape index (κ1) is 20.1. The number of aryl methyl sites for hydroxylation is 1. The van der Waals surface area contributed by atoms with Crippen LogP contribution in [0, 0.1) is 6.92 Å². The second-order valence-corrected chi connectivity index (χ2v) is 7.64. The topological polar surface area (TPSA) is 89.1 Å². The predicted molar refractivity (Wildman–Crippen MR) is 113 cm³/mol. The molecule has 3 aromatic rings. The number of amides is 1. The van der Waals surface area contributed by atoms with Crippen molar-refractivity contribution in [3.8, 4) is 5.95 Å². The first-order valence-electron chi connectivity index (χ1n) is 10.6. The first-order valence-corrected chi connectivity index (χ1v) is 10.6. The zero-order chi connectivity index (χ0) is 20.9. The number of rotatable bonds is 7. The Hall–Kier alpha value is -3.16. The first-order chi connectivity index (χ1) is 14.7. The lowest BCUT2D eigenvalue weighted by atomic mass is 9.97. The molecule has 1 amide bonds. The van der Waals surface area contributed by atoms with Crippen LogP contribution in [0.5, 0.6) is 0 Å². The molecular weight excluding hydrogens is 380 g/mol. The number of hydrogen-bond donors (Lipinski definition) is 1. The van der Waals surface area contributed by atoms with Gasteiger partial charge in [0.1, 0.15) is 17.9 Å². The van der Waals surface area contributed by atoms with Crippen LogP contribution in [0.15, 0.2) is 41.5 Å². The molecule has 30 heavy (non-hydrogen) atoms. The lowest BCUT2D eigenvalue weighted by molar-refractivity contribution is -0.121. The highest BCUT2D eigenvalue weighted by molar-refractivity contribution is 5.77. The van der Waals surface area contributed by atoms with Gasteiger partial charge in [0.2, 0.25) is 11.9 Å². The summed E-state index contributed by atoms with van der Waals surface area (Å²) in [5.74, 6) is 2.34. The zero-order valence-corrected chi connectivity index (χ0v) is 17.5. The number of hydrogen-bond acceptors (Lipinski definition) is 6. The van der Waals surface area contributed by atoms with E-state index in [1.165, 1.54) is 0 Å². The van der Waals surface area contributed by atoms with E-state index in [0.717, 1.165) is 55.1 Å². The van der Waals surface area contributed by atoms with Crippen molar-refractivity contribution in [1.29, 1.82) is 0 Å². The van der Waals surface area contributed by atoms with Gasteiger partial charge in [-0.15, -0.1) is 0 Å². The fourth-order valence-corrected chi connectivity index (χ4v) is 4.09. The number of carbonyl (C=O) groups is 1. The Morgan fingerprint density at radius 3 is 2.97 bits per heavy atom. The van der Waals surface area contributed by atoms with Gasteiger partial charge in [0.25, 0.3) is 0 Å². The van der Waals surface area contributed by atoms with Gasteiger partial charge in [-0.25, -0.2) is 9.97 Å². The summed E-state index contributed by atoms with van der Waals surface area (Å²) in [7, 11) is 0. The monoisotopic (exact) mass is 408 g/mol. The molecule has 1 aliphatic rings. The normalized spacial score (nSPS) is 16.6. The van der Waals surface area contributed by atoms with Gasteiger partial charge in [-0.05, 0) is 44.7 Å². The summed E-state index contributed by atoms with van der Waals surface area (Å²) in [4.78, 5) is 28.6. The van der Waals surface area contributed by atoms with Gasteiger partial charge in [0, 0.05) is 42.7 Å². The molecule has 4 heterocycles. The molecule has 0 radical (unpaired) electrons. The molecule has 1 unspecified atom stereocenters. The number of anilines is 1. The maximum atomic E-state index is 12.6. The summed E-state index contributed by atoms with van der Waals surface area (Å²) in [6.07, 6.45) is 11.4. The van der Waals surface area contributed by atoms with Crippen LogP contribution in [0.1, 0.15) is 49.6 Å². The van der Waals surface area contributed by atoms with Crippen molar-refractivity contribution in [3.05, 3.63) is 54.1 Å². The summed E-state index contributed by atoms with van der Waals surface area (Å²) >= 11 is 0. The van der Waals surface area contributed by atoms with Crippen molar-refractivity contribution in [2.24, 2.45) is 0 Å². The fraction of sp³-hybridized carbons (Fsp3) is 0.455. The molecule has 1 saturated heterocycles. The average molecular weight is 409 g/mol. The summed E-state index contributed by atoms with van der Waals surface area (Å²) in [5, 5.41) is 2.97. The van der Waals surface area contributed by atoms with E-state index in [9.17, 15) is 4.79 Å². The van der Waals surface area contributed by atoms with E-state index in [0.29, 0.717) is 18.9 Å². The minimum absolute atomic E-state index is 0.0296. The zero-order valence-electron chi connectivity index (χ0n) is 17.5. The van der Waals surface area contributed by atoms with E-state index in [1.54, 1.807) is 18.8 Å². The minimum Gasteiger partial charge on any atom is -0.467 e. The van der Waals surface area contributed by atoms with E-state index >= 15 is 0 Å². The number of aromatic nitrogens is 4. The fourth-order valence-electron chi connectivity index (χ4n) is 4.09. The Bertz CT molecular complexity index is 968. The van der Waals surface area contributed by atoms with Crippen LogP contribution in [0.3, 0.4) is 0 Å². The van der Waals surface area contributed by atoms with Crippen molar-refractivity contribution >= 4 is 11.7 Å². The van der Waals surface area contributed by atoms with Crippen molar-refractivity contribution in [2.75, 3.05) is 11.4 Å². The van der Waals surface area contributed by atoms with Gasteiger partial charge in [-0.2, -0.15) is 4.98 Å². The second-order valence-electron chi connectivity index (χ2n) is 7.64. The van der Waals surface area contributed by atoms with E-state index < -0.39 is 0 Å². The van der Waals surface area contributed by atoms with Crippen LogP contribution in [0.2, 0.25) is 0 Å². The second kappa shape index (κ2) is 9.11. The Labute approximate surface area is 176 Å². The lowest BCUT2D eigenvalue weighted by Crippen LogP contribution is -2.44. The highest BCUT2D eigenvalue weighted by Crippen LogP contribution is 2.30. The molecule has 1 N–H and O–H groups in total. The van der Waals surface area contributed by atoms with Crippen LogP contribution in [-0.2, 0) is 17.8 Å². The van der Waals surface area contributed by atoms with Gasteiger partial charge in [-0.3, -0.25) is 9.36 Å². The standard InChI is InChI=1S/C22H28N6O2/c1-3-19-16(2)25-22(27-11-9-23-15-27)26-21(19)28-10-5-4-7-17(28)13-20(29)24-14-18-8-6-12-30-18/h6,8-9,11-12,15,17H,3-5,7,10,13-14H2,1-2H3,(H,24,29). The molecule has 0 aliphatic carbocycles. The largest absolute Gasteiger partial charge is 0.467 e. The summed E-state index contributed by atoms with van der Waals surface area (Å²) in [6, 6.07) is 3.80. The molecule has 1 aliphatic heterocycles. The van der Waals surface area contributed by atoms with Crippen LogP contribution in [-0.4, -0.2) is 38.0 Å². The number of furan rings is 1. The van der Waals surface area contributed by atoms with E-state index in [4.69, 9.17) is 9.40 Å². The van der Waals surface area contributed by atoms with E-state index in [2.05, 4.69) is 27.1 Å². The Morgan fingerprint density at radius 1 is 1.33 bits per heavy atom. The lowest BCUT2D eigenvalue weighted by Gasteiger charge is -2.37. The molecule has 4 rings (SSSR count). The summed E-state index contributed by atoms with van der Waals surface area (Å²) in [5.41, 5.74) is 2.11. The maximum Gasteiger partial charge on any atom is 0.237 e. The van der Waals surface area contributed by atoms with Crippen molar-refractivity contribution in [2.45, 2.75) is 58.5 Å². The smallest absolute Gasteiger partial charge is 0.237 e. The molecule has 8 heteroatoms. The third-order valence-corrected chi connectivity index (χ3v) is 5.63. The SMILES string of the molecule is CCc1c(C)nc(-n2ccnc2)nc1N1CCCCC1CC(=O)NCc1ccco1. The molecule has 3 aromatic heterocycles. The highest BCUT2D eigenvalue weighted by atomic mass is 16.3. The maximum absolute atomic E-state index is 12.6. The predicted octanol–water partition coefficient (Wildman–Crippen LogP) is 3.19. The number of carbonyl (C=O) groups excluding carboxylic acids is 1. The van der Waals surface area contributed by atoms with E-state index in [1.807, 2.05) is 29.8 Å².